The van der Waals surface area contributed by atoms with E-state index >= 15 is 0 Å². The van der Waals surface area contributed by atoms with Crippen LogP contribution in [0, 0.1) is 0 Å². The van der Waals surface area contributed by atoms with Crippen LogP contribution in [0.3, 0.4) is 0 Å². The number of hydrogen-bond acceptors (Lipinski definition) is 2. The van der Waals surface area contributed by atoms with Crippen LogP contribution in [0.4, 0.5) is 11.4 Å². The summed E-state index contributed by atoms with van der Waals surface area (Å²) < 4.78 is 0. The summed E-state index contributed by atoms with van der Waals surface area (Å²) in [5.41, 5.74) is 8.92. The largest absolute Gasteiger partial charge is 0.397 e. The highest BCUT2D eigenvalue weighted by Gasteiger charge is 2.24. The number of nitrogens with two attached hydrogens (primary N) is 1. The van der Waals surface area contributed by atoms with Crippen LogP contribution >= 0.6 is 11.6 Å². The lowest BCUT2D eigenvalue weighted by Crippen LogP contribution is -2.35. The van der Waals surface area contributed by atoms with Gasteiger partial charge in [0.1, 0.15) is 0 Å². The molecule has 0 saturated carbocycles. The molecule has 0 spiro atoms. The average molecular weight is 287 g/mol. The molecule has 4 heteroatoms. The van der Waals surface area contributed by atoms with Gasteiger partial charge in [0, 0.05) is 12.2 Å². The number of para-hydroxylation sites is 2. The van der Waals surface area contributed by atoms with Crippen molar-refractivity contribution >= 4 is 28.9 Å². The smallest absolute Gasteiger partial charge is 0.260 e. The fourth-order valence-corrected chi connectivity index (χ4v) is 2.79. The first-order chi connectivity index (χ1) is 9.68. The standard InChI is InChI=1S/C16H15ClN2O/c17-13-8-3-7-12(15(13)18)16(20)19-10-4-6-11-5-1-2-9-14(11)19/h1-3,5,7-9H,4,6,10,18H2. The van der Waals surface area contributed by atoms with Gasteiger partial charge in [-0.15, -0.1) is 0 Å². The molecule has 1 heterocycles. The Bertz CT molecular complexity index is 669. The summed E-state index contributed by atoms with van der Waals surface area (Å²) in [5.74, 6) is -0.0860. The maximum absolute atomic E-state index is 12.7. The summed E-state index contributed by atoms with van der Waals surface area (Å²) in [4.78, 5) is 14.5. The van der Waals surface area contributed by atoms with E-state index in [4.69, 9.17) is 17.3 Å². The first-order valence-electron chi connectivity index (χ1n) is 6.62. The number of halogens is 1. The molecule has 2 aromatic carbocycles. The van der Waals surface area contributed by atoms with E-state index in [9.17, 15) is 4.79 Å². The van der Waals surface area contributed by atoms with Gasteiger partial charge >= 0.3 is 0 Å². The fraction of sp³-hybridized carbons (Fsp3) is 0.188. The molecule has 3 rings (SSSR count). The molecule has 1 amide bonds. The highest BCUT2D eigenvalue weighted by Crippen LogP contribution is 2.30. The van der Waals surface area contributed by atoms with Crippen molar-refractivity contribution in [3.63, 3.8) is 0 Å². The topological polar surface area (TPSA) is 46.3 Å². The van der Waals surface area contributed by atoms with Crippen molar-refractivity contribution < 1.29 is 4.79 Å². The quantitative estimate of drug-likeness (QED) is 0.816. The van der Waals surface area contributed by atoms with E-state index in [0.29, 0.717) is 22.8 Å². The first kappa shape index (κ1) is 13.0. The van der Waals surface area contributed by atoms with Crippen molar-refractivity contribution in [3.8, 4) is 0 Å². The molecule has 0 aromatic heterocycles. The normalized spacial score (nSPS) is 13.9. The van der Waals surface area contributed by atoms with Crippen molar-refractivity contribution in [3.05, 3.63) is 58.6 Å². The second-order valence-corrected chi connectivity index (χ2v) is 5.30. The molecule has 0 atom stereocenters. The van der Waals surface area contributed by atoms with Crippen molar-refractivity contribution in [1.82, 2.24) is 0 Å². The monoisotopic (exact) mass is 286 g/mol. The van der Waals surface area contributed by atoms with Gasteiger partial charge in [-0.3, -0.25) is 4.79 Å². The van der Waals surface area contributed by atoms with Crippen molar-refractivity contribution in [2.75, 3.05) is 17.2 Å². The lowest BCUT2D eigenvalue weighted by Gasteiger charge is -2.29. The molecule has 0 unspecified atom stereocenters. The van der Waals surface area contributed by atoms with Crippen LogP contribution in [0.25, 0.3) is 0 Å². The zero-order valence-electron chi connectivity index (χ0n) is 11.0. The van der Waals surface area contributed by atoms with E-state index in [0.717, 1.165) is 18.5 Å². The summed E-state index contributed by atoms with van der Waals surface area (Å²) in [6, 6.07) is 13.2. The molecular weight excluding hydrogens is 272 g/mol. The van der Waals surface area contributed by atoms with E-state index in [1.165, 1.54) is 5.56 Å². The lowest BCUT2D eigenvalue weighted by atomic mass is 10.0. The van der Waals surface area contributed by atoms with Gasteiger partial charge in [0.2, 0.25) is 0 Å². The molecule has 2 aromatic rings. The zero-order valence-corrected chi connectivity index (χ0v) is 11.7. The highest BCUT2D eigenvalue weighted by atomic mass is 35.5. The Labute approximate surface area is 123 Å². The number of nitrogens with zero attached hydrogens (tertiary/aromatic N) is 1. The minimum atomic E-state index is -0.0860. The molecule has 102 valence electrons. The Balaban J connectivity index is 2.02. The second kappa shape index (κ2) is 5.17. The summed E-state index contributed by atoms with van der Waals surface area (Å²) in [7, 11) is 0. The molecule has 1 aliphatic rings. The molecule has 1 aliphatic heterocycles. The summed E-state index contributed by atoms with van der Waals surface area (Å²) in [6.07, 6.45) is 1.97. The maximum atomic E-state index is 12.7. The van der Waals surface area contributed by atoms with Gasteiger partial charge in [-0.1, -0.05) is 35.9 Å². The number of hydrogen-bond donors (Lipinski definition) is 1. The molecule has 2 N–H and O–H groups in total. The third kappa shape index (κ3) is 2.14. The Morgan fingerprint density at radius 3 is 2.80 bits per heavy atom. The van der Waals surface area contributed by atoms with Crippen molar-refractivity contribution in [2.45, 2.75) is 12.8 Å². The number of nitrogen functional groups attached to an aromatic ring is 1. The minimum Gasteiger partial charge on any atom is -0.397 e. The third-order valence-electron chi connectivity index (χ3n) is 3.64. The van der Waals surface area contributed by atoms with E-state index in [-0.39, 0.29) is 5.91 Å². The van der Waals surface area contributed by atoms with Gasteiger partial charge in [-0.25, -0.2) is 0 Å². The number of aryl methyl sites for hydroxylation is 1. The third-order valence-corrected chi connectivity index (χ3v) is 3.97. The van der Waals surface area contributed by atoms with Crippen LogP contribution in [0.1, 0.15) is 22.3 Å². The SMILES string of the molecule is Nc1c(Cl)cccc1C(=O)N1CCCc2ccccc21. The molecular formula is C16H15ClN2O. The Morgan fingerprint density at radius 2 is 1.95 bits per heavy atom. The van der Waals surface area contributed by atoms with E-state index in [1.807, 2.05) is 18.2 Å². The zero-order chi connectivity index (χ0) is 14.1. The van der Waals surface area contributed by atoms with E-state index in [2.05, 4.69) is 6.07 Å². The van der Waals surface area contributed by atoms with Gasteiger partial charge in [0.05, 0.1) is 16.3 Å². The Hall–Kier alpha value is -2.00. The number of anilines is 2. The Morgan fingerprint density at radius 1 is 1.15 bits per heavy atom. The van der Waals surface area contributed by atoms with Gasteiger partial charge in [0.25, 0.3) is 5.91 Å². The predicted molar refractivity (Wildman–Crippen MR) is 82.3 cm³/mol. The number of rotatable bonds is 1. The van der Waals surface area contributed by atoms with E-state index in [1.54, 1.807) is 23.1 Å². The highest BCUT2D eigenvalue weighted by molar-refractivity contribution is 6.34. The maximum Gasteiger partial charge on any atom is 0.260 e. The van der Waals surface area contributed by atoms with Gasteiger partial charge in [-0.2, -0.15) is 0 Å². The van der Waals surface area contributed by atoms with Crippen molar-refractivity contribution in [2.24, 2.45) is 0 Å². The average Bonchev–Trinajstić information content (AvgIpc) is 2.49. The second-order valence-electron chi connectivity index (χ2n) is 4.89. The molecule has 20 heavy (non-hydrogen) atoms. The van der Waals surface area contributed by atoms with Gasteiger partial charge in [-0.05, 0) is 36.6 Å². The fourth-order valence-electron chi connectivity index (χ4n) is 2.61. The van der Waals surface area contributed by atoms with Gasteiger partial charge < -0.3 is 10.6 Å². The van der Waals surface area contributed by atoms with Crippen LogP contribution < -0.4 is 10.6 Å². The molecule has 0 fully saturated rings. The summed E-state index contributed by atoms with van der Waals surface area (Å²) >= 11 is 6.00. The Kier molecular flexibility index (Phi) is 3.36. The molecule has 0 aliphatic carbocycles. The first-order valence-corrected chi connectivity index (χ1v) is 7.00. The van der Waals surface area contributed by atoms with Crippen LogP contribution in [0.2, 0.25) is 5.02 Å². The number of fused-ring (bicyclic) bond motifs is 1. The molecule has 3 nitrogen and oxygen atoms in total. The number of carbonyl (C=O) groups excluding carboxylic acids is 1. The number of carbonyl (C=O) groups is 1. The molecule has 0 bridgehead atoms. The lowest BCUT2D eigenvalue weighted by molar-refractivity contribution is 0.0986. The molecule has 0 radical (unpaired) electrons. The van der Waals surface area contributed by atoms with Crippen LogP contribution in [0.5, 0.6) is 0 Å². The number of benzene rings is 2. The van der Waals surface area contributed by atoms with Gasteiger partial charge in [0.15, 0.2) is 0 Å². The summed E-state index contributed by atoms with van der Waals surface area (Å²) in [6.45, 7) is 0.710. The van der Waals surface area contributed by atoms with Crippen LogP contribution in [-0.2, 0) is 6.42 Å². The number of amides is 1. The summed E-state index contributed by atoms with van der Waals surface area (Å²) in [5, 5.41) is 0.418. The van der Waals surface area contributed by atoms with Crippen molar-refractivity contribution in [1.29, 1.82) is 0 Å². The van der Waals surface area contributed by atoms with E-state index < -0.39 is 0 Å². The predicted octanol–water partition coefficient (Wildman–Crippen LogP) is 3.52. The molecule has 0 saturated heterocycles. The van der Waals surface area contributed by atoms with Crippen LogP contribution in [0.15, 0.2) is 42.5 Å². The minimum absolute atomic E-state index is 0.0860. The van der Waals surface area contributed by atoms with Crippen LogP contribution in [-0.4, -0.2) is 12.5 Å².